The van der Waals surface area contributed by atoms with Crippen LogP contribution < -0.4 is 5.32 Å². The molecule has 0 saturated carbocycles. The number of aromatic nitrogens is 1. The SMILES string of the molecule is Cc1ccc(-c2c(C(=O)N[C@@H](C)c3ccncc3)csc2C)cc1. The van der Waals surface area contributed by atoms with Crippen molar-refractivity contribution in [1.29, 1.82) is 0 Å². The number of hydrogen-bond acceptors (Lipinski definition) is 3. The Morgan fingerprint density at radius 1 is 1.08 bits per heavy atom. The predicted molar refractivity (Wildman–Crippen MR) is 99.3 cm³/mol. The largest absolute Gasteiger partial charge is 0.345 e. The highest BCUT2D eigenvalue weighted by molar-refractivity contribution is 7.10. The molecule has 4 heteroatoms. The number of hydrogen-bond donors (Lipinski definition) is 1. The van der Waals surface area contributed by atoms with Crippen molar-refractivity contribution < 1.29 is 4.79 Å². The fraction of sp³-hybridized carbons (Fsp3) is 0.200. The van der Waals surface area contributed by atoms with Gasteiger partial charge in [-0.25, -0.2) is 0 Å². The van der Waals surface area contributed by atoms with Crippen molar-refractivity contribution in [3.63, 3.8) is 0 Å². The first-order valence-electron chi connectivity index (χ1n) is 7.92. The summed E-state index contributed by atoms with van der Waals surface area (Å²) in [6, 6.07) is 12.1. The fourth-order valence-electron chi connectivity index (χ4n) is 2.71. The number of carbonyl (C=O) groups excluding carboxylic acids is 1. The van der Waals surface area contributed by atoms with Crippen molar-refractivity contribution in [2.75, 3.05) is 0 Å². The predicted octanol–water partition coefficient (Wildman–Crippen LogP) is 4.92. The van der Waals surface area contributed by atoms with Gasteiger partial charge in [-0.05, 0) is 44.0 Å². The second kappa shape index (κ2) is 6.97. The molecule has 122 valence electrons. The van der Waals surface area contributed by atoms with E-state index < -0.39 is 0 Å². The van der Waals surface area contributed by atoms with E-state index in [4.69, 9.17) is 0 Å². The maximum absolute atomic E-state index is 12.8. The van der Waals surface area contributed by atoms with Crippen molar-refractivity contribution in [1.82, 2.24) is 10.3 Å². The van der Waals surface area contributed by atoms with Crippen LogP contribution in [0, 0.1) is 13.8 Å². The summed E-state index contributed by atoms with van der Waals surface area (Å²) in [4.78, 5) is 18.0. The molecule has 24 heavy (non-hydrogen) atoms. The van der Waals surface area contributed by atoms with Crippen LogP contribution in [0.1, 0.15) is 39.3 Å². The molecular weight excluding hydrogens is 316 g/mol. The van der Waals surface area contributed by atoms with E-state index in [1.165, 1.54) is 5.56 Å². The van der Waals surface area contributed by atoms with Crippen LogP contribution in [-0.2, 0) is 0 Å². The zero-order valence-electron chi connectivity index (χ0n) is 14.0. The molecule has 0 radical (unpaired) electrons. The van der Waals surface area contributed by atoms with Crippen LogP contribution in [0.15, 0.2) is 54.2 Å². The summed E-state index contributed by atoms with van der Waals surface area (Å²) in [7, 11) is 0. The highest BCUT2D eigenvalue weighted by Gasteiger charge is 2.19. The Bertz CT molecular complexity index is 838. The average molecular weight is 336 g/mol. The van der Waals surface area contributed by atoms with Crippen LogP contribution in [0.3, 0.4) is 0 Å². The molecule has 0 aliphatic rings. The van der Waals surface area contributed by atoms with Crippen molar-refractivity contribution in [3.8, 4) is 11.1 Å². The smallest absolute Gasteiger partial charge is 0.253 e. The highest BCUT2D eigenvalue weighted by Crippen LogP contribution is 2.32. The van der Waals surface area contributed by atoms with Crippen LogP contribution in [0.4, 0.5) is 0 Å². The van der Waals surface area contributed by atoms with Gasteiger partial charge in [0.05, 0.1) is 11.6 Å². The monoisotopic (exact) mass is 336 g/mol. The molecule has 0 unspecified atom stereocenters. The standard InChI is InChI=1S/C20H20N2OS/c1-13-4-6-17(7-5-13)19-15(3)24-12-18(19)20(23)22-14(2)16-8-10-21-11-9-16/h4-12,14H,1-3H3,(H,22,23)/t14-/m0/s1. The Hall–Kier alpha value is -2.46. The number of pyridine rings is 1. The number of benzene rings is 1. The molecule has 3 nitrogen and oxygen atoms in total. The third kappa shape index (κ3) is 3.39. The van der Waals surface area contributed by atoms with E-state index in [0.717, 1.165) is 27.1 Å². The van der Waals surface area contributed by atoms with E-state index in [1.54, 1.807) is 23.7 Å². The van der Waals surface area contributed by atoms with E-state index in [-0.39, 0.29) is 11.9 Å². The molecule has 0 fully saturated rings. The van der Waals surface area contributed by atoms with Gasteiger partial charge in [-0.3, -0.25) is 9.78 Å². The van der Waals surface area contributed by atoms with Crippen molar-refractivity contribution in [3.05, 3.63) is 75.7 Å². The lowest BCUT2D eigenvalue weighted by molar-refractivity contribution is 0.0941. The van der Waals surface area contributed by atoms with Gasteiger partial charge in [0, 0.05) is 28.2 Å². The molecule has 3 aromatic rings. The van der Waals surface area contributed by atoms with Gasteiger partial charge < -0.3 is 5.32 Å². The summed E-state index contributed by atoms with van der Waals surface area (Å²) < 4.78 is 0. The third-order valence-corrected chi connectivity index (χ3v) is 5.02. The minimum atomic E-state index is -0.0634. The van der Waals surface area contributed by atoms with E-state index in [0.29, 0.717) is 0 Å². The lowest BCUT2D eigenvalue weighted by Crippen LogP contribution is -2.26. The molecule has 0 aliphatic heterocycles. The Morgan fingerprint density at radius 3 is 2.42 bits per heavy atom. The van der Waals surface area contributed by atoms with Gasteiger partial charge in [0.1, 0.15) is 0 Å². The normalized spacial score (nSPS) is 12.0. The summed E-state index contributed by atoms with van der Waals surface area (Å²) in [5.74, 6) is -0.0424. The molecule has 0 bridgehead atoms. The minimum absolute atomic E-state index is 0.0424. The fourth-order valence-corrected chi connectivity index (χ4v) is 3.58. The van der Waals surface area contributed by atoms with E-state index in [2.05, 4.69) is 48.4 Å². The zero-order valence-corrected chi connectivity index (χ0v) is 14.9. The van der Waals surface area contributed by atoms with Crippen LogP contribution >= 0.6 is 11.3 Å². The van der Waals surface area contributed by atoms with Gasteiger partial charge in [-0.15, -0.1) is 11.3 Å². The van der Waals surface area contributed by atoms with Crippen molar-refractivity contribution in [2.45, 2.75) is 26.8 Å². The molecule has 1 amide bonds. The molecule has 1 aromatic carbocycles. The highest BCUT2D eigenvalue weighted by atomic mass is 32.1. The van der Waals surface area contributed by atoms with Gasteiger partial charge in [-0.1, -0.05) is 29.8 Å². The Morgan fingerprint density at radius 2 is 1.75 bits per heavy atom. The number of amides is 1. The molecule has 0 saturated heterocycles. The molecule has 2 aromatic heterocycles. The van der Waals surface area contributed by atoms with Crippen LogP contribution in [0.25, 0.3) is 11.1 Å². The van der Waals surface area contributed by atoms with E-state index in [9.17, 15) is 4.79 Å². The van der Waals surface area contributed by atoms with E-state index >= 15 is 0 Å². The second-order valence-corrected chi connectivity index (χ2v) is 7.01. The second-order valence-electron chi connectivity index (χ2n) is 5.92. The summed E-state index contributed by atoms with van der Waals surface area (Å²) >= 11 is 1.61. The van der Waals surface area contributed by atoms with Gasteiger partial charge in [0.15, 0.2) is 0 Å². The Balaban J connectivity index is 1.87. The maximum atomic E-state index is 12.8. The lowest BCUT2D eigenvalue weighted by Gasteiger charge is -2.15. The maximum Gasteiger partial charge on any atom is 0.253 e. The van der Waals surface area contributed by atoms with Crippen LogP contribution in [0.5, 0.6) is 0 Å². The topological polar surface area (TPSA) is 42.0 Å². The van der Waals surface area contributed by atoms with Gasteiger partial charge in [0.25, 0.3) is 5.91 Å². The molecule has 0 spiro atoms. The molecular formula is C20H20N2OS. The number of nitrogens with zero attached hydrogens (tertiary/aromatic N) is 1. The minimum Gasteiger partial charge on any atom is -0.345 e. The van der Waals surface area contributed by atoms with Gasteiger partial charge >= 0.3 is 0 Å². The Labute approximate surface area is 146 Å². The third-order valence-electron chi connectivity index (χ3n) is 4.11. The molecule has 1 atom stereocenters. The number of thiophene rings is 1. The summed E-state index contributed by atoms with van der Waals surface area (Å²) in [5, 5.41) is 5.03. The molecule has 2 heterocycles. The summed E-state index contributed by atoms with van der Waals surface area (Å²) in [6.45, 7) is 6.11. The van der Waals surface area contributed by atoms with Gasteiger partial charge in [0.2, 0.25) is 0 Å². The van der Waals surface area contributed by atoms with Crippen LogP contribution in [-0.4, -0.2) is 10.9 Å². The molecule has 1 N–H and O–H groups in total. The average Bonchev–Trinajstić information content (AvgIpc) is 2.98. The van der Waals surface area contributed by atoms with E-state index in [1.807, 2.05) is 24.4 Å². The molecule has 3 rings (SSSR count). The van der Waals surface area contributed by atoms with Crippen molar-refractivity contribution in [2.24, 2.45) is 0 Å². The number of nitrogens with one attached hydrogen (secondary N) is 1. The number of carbonyl (C=O) groups is 1. The Kier molecular flexibility index (Phi) is 4.76. The first-order chi connectivity index (χ1) is 11.6. The van der Waals surface area contributed by atoms with Crippen LogP contribution in [0.2, 0.25) is 0 Å². The number of aryl methyl sites for hydroxylation is 2. The number of rotatable bonds is 4. The van der Waals surface area contributed by atoms with Gasteiger partial charge in [-0.2, -0.15) is 0 Å². The summed E-state index contributed by atoms with van der Waals surface area (Å²) in [6.07, 6.45) is 3.48. The quantitative estimate of drug-likeness (QED) is 0.735. The first-order valence-corrected chi connectivity index (χ1v) is 8.80. The zero-order chi connectivity index (χ0) is 17.1. The first kappa shape index (κ1) is 16.4. The van der Waals surface area contributed by atoms with Crippen molar-refractivity contribution >= 4 is 17.2 Å². The summed E-state index contributed by atoms with van der Waals surface area (Å²) in [5.41, 5.74) is 5.11. The lowest BCUT2D eigenvalue weighted by atomic mass is 10.00. The molecule has 0 aliphatic carbocycles.